The van der Waals surface area contributed by atoms with E-state index in [1.807, 2.05) is 5.43 Å². The van der Waals surface area contributed by atoms with Gasteiger partial charge in [0.15, 0.2) is 0 Å². The molecule has 4 N–H and O–H groups in total. The van der Waals surface area contributed by atoms with E-state index in [0.29, 0.717) is 32.2 Å². The topological polar surface area (TPSA) is 120 Å². The third kappa shape index (κ3) is 6.16. The highest BCUT2D eigenvalue weighted by molar-refractivity contribution is 5.85. The Labute approximate surface area is 123 Å². The minimum absolute atomic E-state index is 0.143. The lowest BCUT2D eigenvalue weighted by Crippen LogP contribution is -2.42. The van der Waals surface area contributed by atoms with Gasteiger partial charge in [0.05, 0.1) is 0 Å². The second kappa shape index (κ2) is 7.82. The number of alkyl halides is 3. The molecule has 8 nitrogen and oxygen atoms in total. The number of amides is 2. The van der Waals surface area contributed by atoms with Crippen molar-refractivity contribution in [3.63, 3.8) is 0 Å². The van der Waals surface area contributed by atoms with Gasteiger partial charge in [0, 0.05) is 6.54 Å². The fraction of sp³-hybridized carbons (Fsp3) is 0.727. The lowest BCUT2D eigenvalue weighted by Gasteiger charge is -2.27. The molecule has 0 aromatic rings. The molecule has 1 aliphatic rings. The summed E-state index contributed by atoms with van der Waals surface area (Å²) in [5.74, 6) is 2.43. The van der Waals surface area contributed by atoms with Crippen LogP contribution in [0.15, 0.2) is 0 Å². The lowest BCUT2D eigenvalue weighted by molar-refractivity contribution is -0.195. The van der Waals surface area contributed by atoms with Gasteiger partial charge in [-0.2, -0.15) is 13.2 Å². The molecule has 22 heavy (non-hydrogen) atoms. The van der Waals surface area contributed by atoms with Crippen molar-refractivity contribution in [2.24, 2.45) is 11.8 Å². The highest BCUT2D eigenvalue weighted by atomic mass is 19.4. The number of hydrogen-bond donors (Lipinski definition) is 3. The van der Waals surface area contributed by atoms with Gasteiger partial charge in [0.2, 0.25) is 0 Å². The summed E-state index contributed by atoms with van der Waals surface area (Å²) in [7, 11) is 0. The molecule has 1 fully saturated rings. The van der Waals surface area contributed by atoms with Gasteiger partial charge >= 0.3 is 24.3 Å². The highest BCUT2D eigenvalue weighted by Crippen LogP contribution is 2.26. The second-order valence-corrected chi connectivity index (χ2v) is 4.75. The molecule has 11 heteroatoms. The van der Waals surface area contributed by atoms with Crippen LogP contribution in [-0.4, -0.2) is 37.0 Å². The van der Waals surface area contributed by atoms with Crippen molar-refractivity contribution in [3.05, 3.63) is 0 Å². The van der Waals surface area contributed by atoms with Gasteiger partial charge < -0.3 is 14.8 Å². The number of urea groups is 1. The summed E-state index contributed by atoms with van der Waals surface area (Å²) >= 11 is 0. The molecule has 0 saturated heterocycles. The number of carbonyl (C=O) groups is 3. The highest BCUT2D eigenvalue weighted by Gasteiger charge is 2.43. The van der Waals surface area contributed by atoms with Crippen LogP contribution < -0.4 is 16.6 Å². The molecule has 1 aliphatic carbocycles. The number of ether oxygens (including phenoxy) is 2. The molecule has 0 aliphatic heterocycles. The predicted octanol–water partition coefficient (Wildman–Crippen LogP) is 0.960. The van der Waals surface area contributed by atoms with E-state index in [4.69, 9.17) is 5.84 Å². The van der Waals surface area contributed by atoms with E-state index in [9.17, 15) is 27.6 Å². The summed E-state index contributed by atoms with van der Waals surface area (Å²) in [4.78, 5) is 32.4. The number of halogens is 3. The third-order valence-corrected chi connectivity index (χ3v) is 3.15. The van der Waals surface area contributed by atoms with E-state index in [1.54, 1.807) is 0 Å². The maximum Gasteiger partial charge on any atom is 0.516 e. The van der Waals surface area contributed by atoms with E-state index < -0.39 is 30.4 Å². The normalized spacial score (nSPS) is 21.6. The summed E-state index contributed by atoms with van der Waals surface area (Å²) in [5, 5.41) is 2.52. The molecular formula is C11H16F3N3O5. The van der Waals surface area contributed by atoms with Gasteiger partial charge in [-0.15, -0.1) is 0 Å². The standard InChI is InChI=1S/C11H16F3N3O5/c12-11(13,14)8(18)22-10(20)21-7-3-1-6(2-4-7)5-16-9(19)17-15/h6-7H,1-5,15H2,(H2,16,17,19). The van der Waals surface area contributed by atoms with E-state index in [1.165, 1.54) is 0 Å². The molecule has 1 saturated carbocycles. The van der Waals surface area contributed by atoms with Crippen LogP contribution in [-0.2, 0) is 14.3 Å². The van der Waals surface area contributed by atoms with Crippen LogP contribution in [0.25, 0.3) is 0 Å². The number of carbonyl (C=O) groups excluding carboxylic acids is 3. The molecule has 0 radical (unpaired) electrons. The van der Waals surface area contributed by atoms with E-state index in [-0.39, 0.29) is 5.92 Å². The van der Waals surface area contributed by atoms with Crippen LogP contribution >= 0.6 is 0 Å². The predicted molar refractivity (Wildman–Crippen MR) is 65.1 cm³/mol. The molecule has 1 rings (SSSR count). The molecule has 2 amide bonds. The fourth-order valence-electron chi connectivity index (χ4n) is 2.04. The van der Waals surface area contributed by atoms with Crippen molar-refractivity contribution in [2.45, 2.75) is 38.0 Å². The largest absolute Gasteiger partial charge is 0.516 e. The van der Waals surface area contributed by atoms with Gasteiger partial charge in [-0.25, -0.2) is 20.2 Å². The van der Waals surface area contributed by atoms with E-state index in [0.717, 1.165) is 0 Å². The van der Waals surface area contributed by atoms with Crippen LogP contribution in [0.4, 0.5) is 22.8 Å². The van der Waals surface area contributed by atoms with Gasteiger partial charge in [-0.1, -0.05) is 0 Å². The summed E-state index contributed by atoms with van der Waals surface area (Å²) in [6.45, 7) is 0.382. The smallest absolute Gasteiger partial charge is 0.431 e. The minimum Gasteiger partial charge on any atom is -0.431 e. The average molecular weight is 327 g/mol. The second-order valence-electron chi connectivity index (χ2n) is 4.75. The zero-order valence-corrected chi connectivity index (χ0v) is 11.4. The molecular weight excluding hydrogens is 311 g/mol. The molecule has 0 aromatic carbocycles. The minimum atomic E-state index is -5.24. The zero-order chi connectivity index (χ0) is 16.8. The first-order valence-corrected chi connectivity index (χ1v) is 6.46. The molecule has 0 aromatic heterocycles. The summed E-state index contributed by atoms with van der Waals surface area (Å²) < 4.78 is 43.8. The van der Waals surface area contributed by atoms with Crippen molar-refractivity contribution in [3.8, 4) is 0 Å². The zero-order valence-electron chi connectivity index (χ0n) is 11.4. The monoisotopic (exact) mass is 327 g/mol. The van der Waals surface area contributed by atoms with Crippen molar-refractivity contribution >= 4 is 18.2 Å². The Morgan fingerprint density at radius 3 is 2.23 bits per heavy atom. The Balaban J connectivity index is 2.26. The first-order valence-electron chi connectivity index (χ1n) is 6.46. The Morgan fingerprint density at radius 1 is 1.14 bits per heavy atom. The molecule has 0 spiro atoms. The van der Waals surface area contributed by atoms with Crippen LogP contribution in [0, 0.1) is 5.92 Å². The van der Waals surface area contributed by atoms with Crippen LogP contribution in [0.5, 0.6) is 0 Å². The number of hydrazine groups is 1. The lowest BCUT2D eigenvalue weighted by atomic mass is 9.87. The Morgan fingerprint density at radius 2 is 1.73 bits per heavy atom. The quantitative estimate of drug-likeness (QED) is 0.233. The maximum absolute atomic E-state index is 11.9. The van der Waals surface area contributed by atoms with Gasteiger partial charge in [-0.3, -0.25) is 5.43 Å². The Bertz CT molecular complexity index is 422. The number of hydrogen-bond acceptors (Lipinski definition) is 6. The fourth-order valence-corrected chi connectivity index (χ4v) is 2.04. The van der Waals surface area contributed by atoms with Crippen molar-refractivity contribution in [1.82, 2.24) is 10.7 Å². The SMILES string of the molecule is NNC(=O)NCC1CCC(OC(=O)OC(=O)C(F)(F)F)CC1. The number of nitrogens with two attached hydrogens (primary N) is 1. The molecule has 126 valence electrons. The van der Waals surface area contributed by atoms with Crippen molar-refractivity contribution in [2.75, 3.05) is 6.54 Å². The van der Waals surface area contributed by atoms with E-state index >= 15 is 0 Å². The van der Waals surface area contributed by atoms with Crippen LogP contribution in [0.2, 0.25) is 0 Å². The summed E-state index contributed by atoms with van der Waals surface area (Å²) in [5.41, 5.74) is 1.91. The first-order chi connectivity index (χ1) is 10.2. The Kier molecular flexibility index (Phi) is 6.40. The molecule has 0 atom stereocenters. The number of esters is 1. The van der Waals surface area contributed by atoms with E-state index in [2.05, 4.69) is 14.8 Å². The number of nitrogens with one attached hydrogen (secondary N) is 2. The maximum atomic E-state index is 11.9. The molecule has 0 heterocycles. The van der Waals surface area contributed by atoms with Crippen molar-refractivity contribution in [1.29, 1.82) is 0 Å². The number of rotatable bonds is 3. The van der Waals surface area contributed by atoms with Gasteiger partial charge in [0.1, 0.15) is 6.10 Å². The summed E-state index contributed by atoms with van der Waals surface area (Å²) in [6.07, 6.45) is -5.55. The van der Waals surface area contributed by atoms with Gasteiger partial charge in [-0.05, 0) is 31.6 Å². The third-order valence-electron chi connectivity index (χ3n) is 3.15. The Hall–Kier alpha value is -2.04. The summed E-state index contributed by atoms with van der Waals surface area (Å²) in [6, 6.07) is -0.521. The first kappa shape index (κ1) is 18.0. The van der Waals surface area contributed by atoms with Gasteiger partial charge in [0.25, 0.3) is 0 Å². The molecule has 0 unspecified atom stereocenters. The molecule has 0 bridgehead atoms. The van der Waals surface area contributed by atoms with Crippen LogP contribution in [0.3, 0.4) is 0 Å². The van der Waals surface area contributed by atoms with Crippen LogP contribution in [0.1, 0.15) is 25.7 Å². The average Bonchev–Trinajstić information content (AvgIpc) is 2.45. The van der Waals surface area contributed by atoms with Crippen molar-refractivity contribution < 1.29 is 37.0 Å².